The van der Waals surface area contributed by atoms with E-state index in [2.05, 4.69) is 37.0 Å². The number of unbranched alkanes of at least 4 members (excludes halogenated alkanes) is 2. The van der Waals surface area contributed by atoms with Gasteiger partial charge in [0.2, 0.25) is 5.82 Å². The molecule has 0 bridgehead atoms. The number of nitrogens with zero attached hydrogens (tertiary/aromatic N) is 8. The lowest BCUT2D eigenvalue weighted by molar-refractivity contribution is -0.497. The smallest absolute Gasteiger partial charge is 0.453 e. The minimum Gasteiger partial charge on any atom is -0.456 e. The van der Waals surface area contributed by atoms with E-state index in [1.54, 1.807) is 24.3 Å². The van der Waals surface area contributed by atoms with Crippen molar-refractivity contribution in [2.24, 2.45) is 0 Å². The standard InChI is InChI=1S/C35H39ClN8O10/c1-2-3-10-31-37-32(36)30(23-52-34(45)27-17-13-25(14-18-27)22-54-44(49)50)41(31)21-24-11-15-26(16-12-24)28-8-4-5-9-29(28)33-38-40-42(39-33)35(46)51-19-6-7-20-53-43(47)48/h4-5,8-9,11-18,47-50H,2-3,6-7,10,19-23H2,1H3. The summed E-state index contributed by atoms with van der Waals surface area (Å²) >= 11 is 6.61. The Hall–Kier alpha value is -5.15. The highest BCUT2D eigenvalue weighted by Crippen LogP contribution is 2.30. The third kappa shape index (κ3) is 11.2. The van der Waals surface area contributed by atoms with Crippen LogP contribution in [0.4, 0.5) is 4.79 Å². The molecule has 286 valence electrons. The van der Waals surface area contributed by atoms with Crippen LogP contribution in [-0.2, 0) is 45.3 Å². The molecule has 0 amide bonds. The summed E-state index contributed by atoms with van der Waals surface area (Å²) in [6, 6.07) is 21.6. The number of rotatable bonds is 19. The van der Waals surface area contributed by atoms with E-state index < -0.39 is 12.1 Å². The molecule has 0 saturated carbocycles. The molecule has 0 aliphatic carbocycles. The van der Waals surface area contributed by atoms with Crippen LogP contribution in [0.15, 0.2) is 72.8 Å². The van der Waals surface area contributed by atoms with Crippen LogP contribution in [0, 0.1) is 0 Å². The Bertz CT molecular complexity index is 1970. The number of benzene rings is 3. The lowest BCUT2D eigenvalue weighted by atomic mass is 9.98. The fourth-order valence-corrected chi connectivity index (χ4v) is 5.57. The number of esters is 1. The van der Waals surface area contributed by atoms with Crippen molar-refractivity contribution in [2.75, 3.05) is 13.2 Å². The number of hydrogen-bond donors (Lipinski definition) is 4. The van der Waals surface area contributed by atoms with Crippen molar-refractivity contribution in [1.82, 2.24) is 40.5 Å². The van der Waals surface area contributed by atoms with Gasteiger partial charge < -0.3 is 14.0 Å². The predicted octanol–water partition coefficient (Wildman–Crippen LogP) is 5.89. The SMILES string of the molecule is CCCCc1nc(Cl)c(COC(=O)c2ccc(CON(O)O)cc2)n1Cc1ccc(-c2ccccc2-c2nnn(C(=O)OCCCCON(O)O)n2)cc1. The van der Waals surface area contributed by atoms with Crippen LogP contribution in [0.5, 0.6) is 0 Å². The average Bonchev–Trinajstić information content (AvgIpc) is 3.78. The van der Waals surface area contributed by atoms with Crippen LogP contribution < -0.4 is 0 Å². The molecule has 0 fully saturated rings. The van der Waals surface area contributed by atoms with Gasteiger partial charge in [-0.05, 0) is 58.9 Å². The fourth-order valence-electron chi connectivity index (χ4n) is 5.31. The molecule has 2 aromatic heterocycles. The maximum absolute atomic E-state index is 12.9. The third-order valence-corrected chi connectivity index (χ3v) is 8.36. The zero-order valence-corrected chi connectivity index (χ0v) is 29.9. The quantitative estimate of drug-likeness (QED) is 0.0437. The van der Waals surface area contributed by atoms with Crippen molar-refractivity contribution < 1.29 is 49.6 Å². The maximum atomic E-state index is 12.9. The Morgan fingerprint density at radius 2 is 1.48 bits per heavy atom. The topological polar surface area (TPSA) is 220 Å². The molecule has 0 unspecified atom stereocenters. The molecule has 2 heterocycles. The lowest BCUT2D eigenvalue weighted by Crippen LogP contribution is -2.18. The number of halogens is 1. The number of ether oxygens (including phenoxy) is 2. The van der Waals surface area contributed by atoms with Crippen molar-refractivity contribution in [3.05, 3.63) is 106 Å². The van der Waals surface area contributed by atoms with Gasteiger partial charge in [-0.25, -0.2) is 19.4 Å². The molecule has 0 aliphatic heterocycles. The molecule has 0 spiro atoms. The third-order valence-electron chi connectivity index (χ3n) is 8.05. The molecule has 18 nitrogen and oxygen atoms in total. The first-order valence-corrected chi connectivity index (χ1v) is 17.3. The number of tetrazole rings is 1. The summed E-state index contributed by atoms with van der Waals surface area (Å²) in [6.45, 7) is 2.36. The van der Waals surface area contributed by atoms with E-state index in [4.69, 9.17) is 41.9 Å². The molecule has 5 aromatic rings. The van der Waals surface area contributed by atoms with Gasteiger partial charge >= 0.3 is 12.1 Å². The molecule has 5 rings (SSSR count). The van der Waals surface area contributed by atoms with Gasteiger partial charge in [0.1, 0.15) is 12.4 Å². The normalized spacial score (nSPS) is 11.4. The number of aryl methyl sites for hydroxylation is 1. The Morgan fingerprint density at radius 1 is 0.796 bits per heavy atom. The van der Waals surface area contributed by atoms with Crippen LogP contribution in [-0.4, -0.2) is 86.6 Å². The van der Waals surface area contributed by atoms with Crippen molar-refractivity contribution in [1.29, 1.82) is 0 Å². The summed E-state index contributed by atoms with van der Waals surface area (Å²) in [4.78, 5) is 39.8. The highest BCUT2D eigenvalue weighted by atomic mass is 35.5. The number of carbonyl (C=O) groups excluding carboxylic acids is 2. The predicted molar refractivity (Wildman–Crippen MR) is 187 cm³/mol. The molecule has 0 saturated heterocycles. The summed E-state index contributed by atoms with van der Waals surface area (Å²) in [6.07, 6.45) is 2.54. The van der Waals surface area contributed by atoms with Crippen molar-refractivity contribution >= 4 is 23.7 Å². The average molecular weight is 767 g/mol. The largest absolute Gasteiger partial charge is 0.456 e. The number of hydrogen-bond acceptors (Lipinski definition) is 16. The Labute approximate surface area is 314 Å². The monoisotopic (exact) mass is 766 g/mol. The highest BCUT2D eigenvalue weighted by molar-refractivity contribution is 6.30. The molecular formula is C35H39ClN8O10. The summed E-state index contributed by atoms with van der Waals surface area (Å²) in [5.74, 6) is 0.432. The molecule has 3 aromatic carbocycles. The van der Waals surface area contributed by atoms with E-state index in [0.717, 1.165) is 40.2 Å². The first kappa shape index (κ1) is 40.0. The van der Waals surface area contributed by atoms with Gasteiger partial charge in [0.05, 0.1) is 41.9 Å². The summed E-state index contributed by atoms with van der Waals surface area (Å²) in [5, 5.41) is 46.2. The van der Waals surface area contributed by atoms with Gasteiger partial charge in [-0.3, -0.25) is 25.7 Å². The second-order valence-electron chi connectivity index (χ2n) is 11.8. The zero-order valence-electron chi connectivity index (χ0n) is 29.2. The van der Waals surface area contributed by atoms with E-state index in [1.807, 2.05) is 53.1 Å². The van der Waals surface area contributed by atoms with Crippen LogP contribution in [0.25, 0.3) is 22.5 Å². The lowest BCUT2D eigenvalue weighted by Gasteiger charge is -2.14. The highest BCUT2D eigenvalue weighted by Gasteiger charge is 2.20. The van der Waals surface area contributed by atoms with Gasteiger partial charge in [-0.1, -0.05) is 90.4 Å². The van der Waals surface area contributed by atoms with E-state index >= 15 is 0 Å². The second kappa shape index (κ2) is 19.8. The van der Waals surface area contributed by atoms with Gasteiger partial charge in [0.15, 0.2) is 5.15 Å². The first-order valence-electron chi connectivity index (χ1n) is 16.9. The summed E-state index contributed by atoms with van der Waals surface area (Å²) < 4.78 is 12.8. The molecule has 54 heavy (non-hydrogen) atoms. The van der Waals surface area contributed by atoms with Crippen LogP contribution in [0.3, 0.4) is 0 Å². The van der Waals surface area contributed by atoms with Gasteiger partial charge in [0, 0.05) is 18.5 Å². The van der Waals surface area contributed by atoms with E-state index in [9.17, 15) is 9.59 Å². The van der Waals surface area contributed by atoms with E-state index in [1.165, 1.54) is 0 Å². The minimum atomic E-state index is -0.810. The van der Waals surface area contributed by atoms with Crippen LogP contribution in [0.1, 0.15) is 65.6 Å². The van der Waals surface area contributed by atoms with Gasteiger partial charge in [-0.2, -0.15) is 0 Å². The van der Waals surface area contributed by atoms with Crippen LogP contribution >= 0.6 is 11.6 Å². The Balaban J connectivity index is 1.26. The van der Waals surface area contributed by atoms with E-state index in [0.29, 0.717) is 48.2 Å². The summed E-state index contributed by atoms with van der Waals surface area (Å²) in [5.41, 5.74) is 4.73. The summed E-state index contributed by atoms with van der Waals surface area (Å²) in [7, 11) is 0. The number of imidazole rings is 1. The molecule has 0 radical (unpaired) electrons. The molecular weight excluding hydrogens is 728 g/mol. The number of aromatic nitrogens is 6. The molecule has 4 N–H and O–H groups in total. The van der Waals surface area contributed by atoms with Crippen LogP contribution in [0.2, 0.25) is 5.15 Å². The molecule has 0 atom stereocenters. The molecule has 0 aliphatic rings. The number of carbonyl (C=O) groups is 2. The first-order chi connectivity index (χ1) is 26.1. The second-order valence-corrected chi connectivity index (χ2v) is 12.2. The van der Waals surface area contributed by atoms with E-state index in [-0.39, 0.29) is 48.2 Å². The fraction of sp³-hybridized carbons (Fsp3) is 0.314. The molecule has 19 heteroatoms. The van der Waals surface area contributed by atoms with Crippen molar-refractivity contribution in [3.63, 3.8) is 0 Å². The van der Waals surface area contributed by atoms with Crippen molar-refractivity contribution in [3.8, 4) is 22.5 Å². The van der Waals surface area contributed by atoms with Crippen molar-refractivity contribution in [2.45, 2.75) is 58.8 Å². The minimum absolute atomic E-state index is 0.0274. The van der Waals surface area contributed by atoms with Gasteiger partial charge in [0.25, 0.3) is 0 Å². The Kier molecular flexibility index (Phi) is 14.7. The maximum Gasteiger partial charge on any atom is 0.453 e. The zero-order chi connectivity index (χ0) is 38.5. The van der Waals surface area contributed by atoms with Gasteiger partial charge in [-0.15, -0.1) is 10.2 Å². The Morgan fingerprint density at radius 3 is 2.19 bits per heavy atom.